The number of nitrogens with zero attached hydrogens (tertiary/aromatic N) is 2. The molecule has 1 atom stereocenters. The van der Waals surface area contributed by atoms with E-state index in [9.17, 15) is 4.79 Å². The summed E-state index contributed by atoms with van der Waals surface area (Å²) in [7, 11) is 0. The summed E-state index contributed by atoms with van der Waals surface area (Å²) in [6.45, 7) is 8.53. The van der Waals surface area contributed by atoms with Crippen molar-refractivity contribution in [2.24, 2.45) is 5.41 Å². The number of hydrogen-bond acceptors (Lipinski definition) is 3. The molecule has 128 valence electrons. The van der Waals surface area contributed by atoms with Crippen LogP contribution in [0.1, 0.15) is 25.3 Å². The van der Waals surface area contributed by atoms with Crippen molar-refractivity contribution in [2.75, 3.05) is 39.3 Å². The van der Waals surface area contributed by atoms with Gasteiger partial charge in [0.05, 0.1) is 6.54 Å². The van der Waals surface area contributed by atoms with Crippen molar-refractivity contribution in [3.63, 3.8) is 0 Å². The molecule has 2 aliphatic heterocycles. The zero-order chi connectivity index (χ0) is 15.4. The van der Waals surface area contributed by atoms with Crippen molar-refractivity contribution >= 4 is 18.3 Å². The molecule has 1 aromatic carbocycles. The minimum atomic E-state index is 0. The molecule has 4 nitrogen and oxygen atoms in total. The van der Waals surface area contributed by atoms with Crippen LogP contribution >= 0.6 is 12.4 Å². The van der Waals surface area contributed by atoms with Gasteiger partial charge in [0.1, 0.15) is 0 Å². The molecule has 0 aliphatic carbocycles. The number of carbonyl (C=O) groups excluding carboxylic acids is 1. The predicted molar refractivity (Wildman–Crippen MR) is 95.8 cm³/mol. The third kappa shape index (κ3) is 4.46. The molecule has 2 saturated heterocycles. The maximum atomic E-state index is 12.6. The fraction of sp³-hybridized carbons (Fsp3) is 0.611. The van der Waals surface area contributed by atoms with E-state index in [1.807, 2.05) is 23.1 Å². The Kier molecular flexibility index (Phi) is 6.45. The van der Waals surface area contributed by atoms with Crippen LogP contribution in [0, 0.1) is 5.41 Å². The molecule has 0 aromatic heterocycles. The highest BCUT2D eigenvalue weighted by molar-refractivity contribution is 5.85. The lowest BCUT2D eigenvalue weighted by atomic mass is 9.87. The summed E-state index contributed by atoms with van der Waals surface area (Å²) in [6, 6.07) is 10.3. The predicted octanol–water partition coefficient (Wildman–Crippen LogP) is 2.14. The Balaban J connectivity index is 0.00000192. The van der Waals surface area contributed by atoms with E-state index in [4.69, 9.17) is 0 Å². The molecule has 1 aromatic rings. The van der Waals surface area contributed by atoms with Crippen molar-refractivity contribution in [1.29, 1.82) is 0 Å². The minimum absolute atomic E-state index is 0. The van der Waals surface area contributed by atoms with E-state index in [1.54, 1.807) is 0 Å². The van der Waals surface area contributed by atoms with E-state index in [0.717, 1.165) is 39.3 Å². The first kappa shape index (κ1) is 18.2. The number of amides is 1. The van der Waals surface area contributed by atoms with E-state index in [1.165, 1.54) is 18.4 Å². The first-order chi connectivity index (χ1) is 10.7. The van der Waals surface area contributed by atoms with Crippen molar-refractivity contribution in [3.8, 4) is 0 Å². The van der Waals surface area contributed by atoms with E-state index in [-0.39, 0.29) is 18.3 Å². The van der Waals surface area contributed by atoms with Crippen LogP contribution in [0.4, 0.5) is 0 Å². The van der Waals surface area contributed by atoms with Gasteiger partial charge in [-0.1, -0.05) is 30.3 Å². The zero-order valence-electron chi connectivity index (χ0n) is 14.0. The van der Waals surface area contributed by atoms with Gasteiger partial charge in [0.15, 0.2) is 0 Å². The summed E-state index contributed by atoms with van der Waals surface area (Å²) in [6.07, 6.45) is 2.50. The molecule has 23 heavy (non-hydrogen) atoms. The van der Waals surface area contributed by atoms with Crippen LogP contribution in [-0.4, -0.2) is 55.0 Å². The number of likely N-dealkylation sites (tertiary alicyclic amines) is 1. The largest absolute Gasteiger partial charge is 0.338 e. The molecular weight excluding hydrogens is 310 g/mol. The quantitative estimate of drug-likeness (QED) is 0.894. The fourth-order valence-electron chi connectivity index (χ4n) is 3.78. The second kappa shape index (κ2) is 8.13. The summed E-state index contributed by atoms with van der Waals surface area (Å²) < 4.78 is 0. The molecule has 0 bridgehead atoms. The Hall–Kier alpha value is -1.10. The highest BCUT2D eigenvalue weighted by atomic mass is 35.5. The molecule has 2 heterocycles. The van der Waals surface area contributed by atoms with E-state index < -0.39 is 0 Å². The first-order valence-electron chi connectivity index (χ1n) is 8.46. The van der Waals surface area contributed by atoms with E-state index >= 15 is 0 Å². The number of benzene rings is 1. The van der Waals surface area contributed by atoms with Gasteiger partial charge in [0, 0.05) is 26.2 Å². The second-order valence-electron chi connectivity index (χ2n) is 6.78. The Labute approximate surface area is 145 Å². The molecule has 2 fully saturated rings. The van der Waals surface area contributed by atoms with Gasteiger partial charge in [-0.05, 0) is 43.8 Å². The minimum Gasteiger partial charge on any atom is -0.338 e. The highest BCUT2D eigenvalue weighted by Gasteiger charge is 2.40. The Morgan fingerprint density at radius 2 is 2.09 bits per heavy atom. The maximum Gasteiger partial charge on any atom is 0.237 e. The topological polar surface area (TPSA) is 35.6 Å². The SMILES string of the molecule is CCN(Cc1ccccc1)C(=O)CN1CCC2(CCNC2)C1.Cl. The molecule has 1 N–H and O–H groups in total. The number of carbonyl (C=O) groups is 1. The van der Waals surface area contributed by atoms with Crippen molar-refractivity contribution in [2.45, 2.75) is 26.3 Å². The van der Waals surface area contributed by atoms with Crippen LogP contribution < -0.4 is 5.32 Å². The van der Waals surface area contributed by atoms with Gasteiger partial charge >= 0.3 is 0 Å². The number of nitrogens with one attached hydrogen (secondary N) is 1. The van der Waals surface area contributed by atoms with Crippen molar-refractivity contribution in [3.05, 3.63) is 35.9 Å². The number of hydrogen-bond donors (Lipinski definition) is 1. The van der Waals surface area contributed by atoms with Gasteiger partial charge in [-0.15, -0.1) is 12.4 Å². The van der Waals surface area contributed by atoms with Crippen LogP contribution in [0.5, 0.6) is 0 Å². The first-order valence-corrected chi connectivity index (χ1v) is 8.46. The number of halogens is 1. The summed E-state index contributed by atoms with van der Waals surface area (Å²) in [4.78, 5) is 16.9. The molecule has 3 rings (SSSR count). The molecule has 1 unspecified atom stereocenters. The van der Waals surface area contributed by atoms with Gasteiger partial charge in [0.25, 0.3) is 0 Å². The summed E-state index contributed by atoms with van der Waals surface area (Å²) >= 11 is 0. The zero-order valence-corrected chi connectivity index (χ0v) is 14.8. The van der Waals surface area contributed by atoms with Gasteiger partial charge < -0.3 is 10.2 Å². The lowest BCUT2D eigenvalue weighted by Crippen LogP contribution is -2.40. The third-order valence-corrected chi connectivity index (χ3v) is 5.16. The molecule has 0 saturated carbocycles. The molecule has 1 spiro atoms. The monoisotopic (exact) mass is 337 g/mol. The lowest BCUT2D eigenvalue weighted by molar-refractivity contribution is -0.132. The smallest absolute Gasteiger partial charge is 0.237 e. The number of rotatable bonds is 5. The molecular formula is C18H28ClN3O. The van der Waals surface area contributed by atoms with Gasteiger partial charge in [-0.2, -0.15) is 0 Å². The molecule has 1 amide bonds. The van der Waals surface area contributed by atoms with Gasteiger partial charge in [-0.3, -0.25) is 9.69 Å². The van der Waals surface area contributed by atoms with Gasteiger partial charge in [-0.25, -0.2) is 0 Å². The summed E-state index contributed by atoms with van der Waals surface area (Å²) in [5.41, 5.74) is 1.65. The van der Waals surface area contributed by atoms with Gasteiger partial charge in [0.2, 0.25) is 5.91 Å². The maximum absolute atomic E-state index is 12.6. The van der Waals surface area contributed by atoms with Crippen LogP contribution in [0.2, 0.25) is 0 Å². The third-order valence-electron chi connectivity index (χ3n) is 5.16. The Morgan fingerprint density at radius 1 is 1.30 bits per heavy atom. The number of likely N-dealkylation sites (N-methyl/N-ethyl adjacent to an activating group) is 1. The molecule has 0 radical (unpaired) electrons. The van der Waals surface area contributed by atoms with Crippen molar-refractivity contribution in [1.82, 2.24) is 15.1 Å². The standard InChI is InChI=1S/C18H27N3O.ClH/c1-2-21(12-16-6-4-3-5-7-16)17(22)13-20-11-9-18(15-20)8-10-19-14-18;/h3-7,19H,2,8-15H2,1H3;1H. The lowest BCUT2D eigenvalue weighted by Gasteiger charge is -2.26. The average Bonchev–Trinajstić information content (AvgIpc) is 3.16. The highest BCUT2D eigenvalue weighted by Crippen LogP contribution is 2.35. The fourth-order valence-corrected chi connectivity index (χ4v) is 3.78. The summed E-state index contributed by atoms with van der Waals surface area (Å²) in [5, 5.41) is 3.47. The van der Waals surface area contributed by atoms with Crippen LogP contribution in [-0.2, 0) is 11.3 Å². The van der Waals surface area contributed by atoms with E-state index in [0.29, 0.717) is 12.0 Å². The Morgan fingerprint density at radius 3 is 2.74 bits per heavy atom. The van der Waals surface area contributed by atoms with Crippen LogP contribution in [0.15, 0.2) is 30.3 Å². The van der Waals surface area contributed by atoms with Crippen molar-refractivity contribution < 1.29 is 4.79 Å². The molecule has 2 aliphatic rings. The second-order valence-corrected chi connectivity index (χ2v) is 6.78. The molecule has 5 heteroatoms. The Bertz CT molecular complexity index is 502. The normalized spacial score (nSPS) is 23.9. The van der Waals surface area contributed by atoms with E-state index in [2.05, 4.69) is 29.3 Å². The van der Waals surface area contributed by atoms with Crippen LogP contribution in [0.3, 0.4) is 0 Å². The van der Waals surface area contributed by atoms with Crippen LogP contribution in [0.25, 0.3) is 0 Å². The summed E-state index contributed by atoms with van der Waals surface area (Å²) in [5.74, 6) is 0.259. The average molecular weight is 338 g/mol.